The van der Waals surface area contributed by atoms with Crippen LogP contribution >= 0.6 is 0 Å². The third-order valence-electron chi connectivity index (χ3n) is 2.89. The highest BCUT2D eigenvalue weighted by Gasteiger charge is 2.18. The second-order valence-corrected chi connectivity index (χ2v) is 6.14. The summed E-state index contributed by atoms with van der Waals surface area (Å²) in [4.78, 5) is 10.6. The Hall–Kier alpha value is -2.18. The first-order valence-corrected chi connectivity index (χ1v) is 7.85. The molecule has 0 saturated heterocycles. The molecule has 0 atom stereocenters. The van der Waals surface area contributed by atoms with Gasteiger partial charge in [-0.05, 0) is 11.6 Å². The summed E-state index contributed by atoms with van der Waals surface area (Å²) < 4.78 is 26.9. The lowest BCUT2D eigenvalue weighted by atomic mass is 10.1. The molecule has 6 heteroatoms. The first-order chi connectivity index (χ1) is 10.0. The van der Waals surface area contributed by atoms with Crippen molar-refractivity contribution in [3.05, 3.63) is 54.6 Å². The first-order valence-electron chi connectivity index (χ1n) is 6.36. The molecular formula is C15H15NO4S. The molecule has 2 N–H and O–H groups in total. The topological polar surface area (TPSA) is 83.5 Å². The SMILES string of the molecule is O=C(O)CCNS(=O)(=O)c1ccccc1-c1ccccc1. The van der Waals surface area contributed by atoms with Crippen molar-refractivity contribution >= 4 is 16.0 Å². The van der Waals surface area contributed by atoms with Gasteiger partial charge in [-0.3, -0.25) is 4.79 Å². The summed E-state index contributed by atoms with van der Waals surface area (Å²) in [6, 6.07) is 15.8. The molecule has 2 rings (SSSR count). The molecule has 0 saturated carbocycles. The predicted octanol–water partition coefficient (Wildman–Crippen LogP) is 2.11. The molecule has 0 amide bonds. The Morgan fingerprint density at radius 2 is 1.62 bits per heavy atom. The number of nitrogens with one attached hydrogen (secondary N) is 1. The lowest BCUT2D eigenvalue weighted by molar-refractivity contribution is -0.136. The summed E-state index contributed by atoms with van der Waals surface area (Å²) >= 11 is 0. The zero-order valence-electron chi connectivity index (χ0n) is 11.2. The Labute approximate surface area is 123 Å². The number of hydrogen-bond acceptors (Lipinski definition) is 3. The normalized spacial score (nSPS) is 11.2. The Morgan fingerprint density at radius 1 is 1.00 bits per heavy atom. The van der Waals surface area contributed by atoms with Crippen molar-refractivity contribution in [2.75, 3.05) is 6.54 Å². The van der Waals surface area contributed by atoms with Gasteiger partial charge in [0.25, 0.3) is 0 Å². The maximum atomic E-state index is 12.3. The lowest BCUT2D eigenvalue weighted by Gasteiger charge is -2.11. The highest BCUT2D eigenvalue weighted by molar-refractivity contribution is 7.89. The number of benzene rings is 2. The average molecular weight is 305 g/mol. The minimum Gasteiger partial charge on any atom is -0.481 e. The van der Waals surface area contributed by atoms with E-state index in [2.05, 4.69) is 4.72 Å². The van der Waals surface area contributed by atoms with Crippen LogP contribution in [-0.4, -0.2) is 26.0 Å². The summed E-state index contributed by atoms with van der Waals surface area (Å²) in [5.74, 6) is -1.05. The number of hydrogen-bond donors (Lipinski definition) is 2. The summed E-state index contributed by atoms with van der Waals surface area (Å²) in [6.07, 6.45) is -0.257. The monoisotopic (exact) mass is 305 g/mol. The molecule has 0 aromatic heterocycles. The van der Waals surface area contributed by atoms with Crippen LogP contribution in [0.4, 0.5) is 0 Å². The second kappa shape index (κ2) is 6.51. The van der Waals surface area contributed by atoms with Gasteiger partial charge < -0.3 is 5.11 Å². The maximum absolute atomic E-state index is 12.3. The first kappa shape index (κ1) is 15.2. The van der Waals surface area contributed by atoms with Crippen molar-refractivity contribution in [2.24, 2.45) is 0 Å². The van der Waals surface area contributed by atoms with Crippen molar-refractivity contribution in [2.45, 2.75) is 11.3 Å². The largest absolute Gasteiger partial charge is 0.481 e. The number of aliphatic carboxylic acids is 1. The van der Waals surface area contributed by atoms with Gasteiger partial charge in [0.1, 0.15) is 0 Å². The maximum Gasteiger partial charge on any atom is 0.304 e. The predicted molar refractivity (Wildman–Crippen MR) is 79.3 cm³/mol. The minimum atomic E-state index is -3.75. The third-order valence-corrected chi connectivity index (χ3v) is 4.41. The van der Waals surface area contributed by atoms with Crippen molar-refractivity contribution in [1.82, 2.24) is 4.72 Å². The fourth-order valence-corrected chi connectivity index (χ4v) is 3.19. The van der Waals surface area contributed by atoms with Crippen LogP contribution in [0.1, 0.15) is 6.42 Å². The molecule has 0 bridgehead atoms. The molecule has 0 heterocycles. The molecule has 0 fully saturated rings. The van der Waals surface area contributed by atoms with E-state index in [4.69, 9.17) is 5.11 Å². The quantitative estimate of drug-likeness (QED) is 0.856. The van der Waals surface area contributed by atoms with E-state index in [1.165, 1.54) is 6.07 Å². The average Bonchev–Trinajstić information content (AvgIpc) is 2.47. The number of carbonyl (C=O) groups is 1. The third kappa shape index (κ3) is 3.90. The van der Waals surface area contributed by atoms with Crippen LogP contribution < -0.4 is 4.72 Å². The van der Waals surface area contributed by atoms with Crippen LogP contribution in [0.2, 0.25) is 0 Å². The van der Waals surface area contributed by atoms with Gasteiger partial charge in [-0.2, -0.15) is 0 Å². The van der Waals surface area contributed by atoms with E-state index in [1.54, 1.807) is 18.2 Å². The van der Waals surface area contributed by atoms with Crippen LogP contribution in [0.25, 0.3) is 11.1 Å². The van der Waals surface area contributed by atoms with Gasteiger partial charge in [-0.25, -0.2) is 13.1 Å². The fraction of sp³-hybridized carbons (Fsp3) is 0.133. The molecule has 0 unspecified atom stereocenters. The molecule has 110 valence electrons. The standard InChI is InChI=1S/C15H15NO4S/c17-15(18)10-11-16-21(19,20)14-9-5-4-8-13(14)12-6-2-1-3-7-12/h1-9,16H,10-11H2,(H,17,18). The summed E-state index contributed by atoms with van der Waals surface area (Å²) in [6.45, 7) is -0.138. The molecular weight excluding hydrogens is 290 g/mol. The zero-order valence-corrected chi connectivity index (χ0v) is 12.0. The molecule has 2 aromatic rings. The lowest BCUT2D eigenvalue weighted by Crippen LogP contribution is -2.26. The smallest absolute Gasteiger partial charge is 0.304 e. The number of carboxylic acid groups (broad SMARTS) is 1. The Morgan fingerprint density at radius 3 is 2.29 bits per heavy atom. The molecule has 5 nitrogen and oxygen atoms in total. The van der Waals surface area contributed by atoms with Crippen LogP contribution in [-0.2, 0) is 14.8 Å². The Balaban J connectivity index is 2.34. The number of carboxylic acids is 1. The second-order valence-electron chi connectivity index (χ2n) is 4.40. The van der Waals surface area contributed by atoms with Crippen LogP contribution in [0.15, 0.2) is 59.5 Å². The van der Waals surface area contributed by atoms with Gasteiger partial charge in [-0.1, -0.05) is 48.5 Å². The van der Waals surface area contributed by atoms with E-state index in [0.29, 0.717) is 5.56 Å². The summed E-state index contributed by atoms with van der Waals surface area (Å²) in [7, 11) is -3.75. The summed E-state index contributed by atoms with van der Waals surface area (Å²) in [5, 5.41) is 8.58. The number of sulfonamides is 1. The van der Waals surface area contributed by atoms with E-state index in [-0.39, 0.29) is 17.9 Å². The molecule has 2 aromatic carbocycles. The van der Waals surface area contributed by atoms with Gasteiger partial charge in [0, 0.05) is 12.1 Å². The van der Waals surface area contributed by atoms with Crippen molar-refractivity contribution < 1.29 is 18.3 Å². The van der Waals surface area contributed by atoms with Crippen LogP contribution in [0.3, 0.4) is 0 Å². The van der Waals surface area contributed by atoms with Gasteiger partial charge in [0.05, 0.1) is 11.3 Å². The van der Waals surface area contributed by atoms with E-state index < -0.39 is 16.0 Å². The van der Waals surface area contributed by atoms with Gasteiger partial charge in [0.15, 0.2) is 0 Å². The van der Waals surface area contributed by atoms with E-state index >= 15 is 0 Å². The van der Waals surface area contributed by atoms with E-state index in [1.807, 2.05) is 30.3 Å². The Kier molecular flexibility index (Phi) is 4.72. The van der Waals surface area contributed by atoms with Crippen molar-refractivity contribution in [1.29, 1.82) is 0 Å². The fourth-order valence-electron chi connectivity index (χ4n) is 1.93. The molecule has 0 aliphatic rings. The number of rotatable bonds is 6. The van der Waals surface area contributed by atoms with Crippen LogP contribution in [0.5, 0.6) is 0 Å². The Bertz CT molecular complexity index is 726. The zero-order chi connectivity index (χ0) is 15.3. The summed E-state index contributed by atoms with van der Waals surface area (Å²) in [5.41, 5.74) is 1.37. The molecule has 0 aliphatic heterocycles. The molecule has 0 radical (unpaired) electrons. The molecule has 0 aliphatic carbocycles. The molecule has 0 spiro atoms. The van der Waals surface area contributed by atoms with Gasteiger partial charge in [0.2, 0.25) is 10.0 Å². The van der Waals surface area contributed by atoms with Gasteiger partial charge >= 0.3 is 5.97 Å². The minimum absolute atomic E-state index is 0.138. The van der Waals surface area contributed by atoms with Crippen molar-refractivity contribution in [3.63, 3.8) is 0 Å². The van der Waals surface area contributed by atoms with E-state index in [9.17, 15) is 13.2 Å². The van der Waals surface area contributed by atoms with Crippen molar-refractivity contribution in [3.8, 4) is 11.1 Å². The van der Waals surface area contributed by atoms with E-state index in [0.717, 1.165) is 5.56 Å². The van der Waals surface area contributed by atoms with Gasteiger partial charge in [-0.15, -0.1) is 0 Å². The highest BCUT2D eigenvalue weighted by Crippen LogP contribution is 2.26. The van der Waals surface area contributed by atoms with Crippen LogP contribution in [0, 0.1) is 0 Å². The molecule has 21 heavy (non-hydrogen) atoms. The highest BCUT2D eigenvalue weighted by atomic mass is 32.2.